The van der Waals surface area contributed by atoms with E-state index in [1.165, 1.54) is 12.3 Å². The number of nitrogens with two attached hydrogens (primary N) is 1. The van der Waals surface area contributed by atoms with Crippen molar-refractivity contribution in [2.75, 3.05) is 5.73 Å². The minimum absolute atomic E-state index is 0.0162. The lowest BCUT2D eigenvalue weighted by Gasteiger charge is -2.21. The van der Waals surface area contributed by atoms with Gasteiger partial charge in [-0.25, -0.2) is 18.2 Å². The molecule has 1 aromatic heterocycles. The first-order chi connectivity index (χ1) is 16.2. The molecule has 0 aliphatic carbocycles. The van der Waals surface area contributed by atoms with Crippen LogP contribution in [-0.4, -0.2) is 34.1 Å². The highest BCUT2D eigenvalue weighted by atomic mass is 19.2. The highest BCUT2D eigenvalue weighted by Gasteiger charge is 2.26. The van der Waals surface area contributed by atoms with Crippen LogP contribution in [0.5, 0.6) is 0 Å². The average Bonchev–Trinajstić information content (AvgIpc) is 2.82. The Hall–Kier alpha value is -3.92. The summed E-state index contributed by atoms with van der Waals surface area (Å²) in [4.78, 5) is 29.3. The van der Waals surface area contributed by atoms with Gasteiger partial charge in [0.1, 0.15) is 23.8 Å². The van der Waals surface area contributed by atoms with Crippen molar-refractivity contribution in [1.82, 2.24) is 15.6 Å². The van der Waals surface area contributed by atoms with Gasteiger partial charge in [-0.1, -0.05) is 36.4 Å². The Morgan fingerprint density at radius 3 is 2.29 bits per heavy atom. The van der Waals surface area contributed by atoms with Gasteiger partial charge in [0.15, 0.2) is 11.6 Å². The molecule has 0 unspecified atom stereocenters. The van der Waals surface area contributed by atoms with Crippen molar-refractivity contribution in [3.05, 3.63) is 94.9 Å². The molecule has 10 heteroatoms. The second kappa shape index (κ2) is 11.3. The summed E-state index contributed by atoms with van der Waals surface area (Å²) in [7, 11) is 0. The SMILES string of the molecule is Nc1ccc(CNC(=O)[C@H](Cc2cc(F)c(F)cc2F)NC(=O)[C@H](O)Cc2ccccc2)cn1. The smallest absolute Gasteiger partial charge is 0.249 e. The van der Waals surface area contributed by atoms with Crippen molar-refractivity contribution < 1.29 is 27.9 Å². The maximum absolute atomic E-state index is 14.2. The lowest BCUT2D eigenvalue weighted by atomic mass is 10.0. The van der Waals surface area contributed by atoms with Crippen LogP contribution >= 0.6 is 0 Å². The summed E-state index contributed by atoms with van der Waals surface area (Å²) in [5.74, 6) is -5.04. The van der Waals surface area contributed by atoms with Gasteiger partial charge < -0.3 is 21.5 Å². The zero-order valence-corrected chi connectivity index (χ0v) is 18.0. The number of pyridine rings is 1. The molecule has 34 heavy (non-hydrogen) atoms. The molecule has 3 aromatic rings. The van der Waals surface area contributed by atoms with Gasteiger partial charge in [-0.3, -0.25) is 9.59 Å². The van der Waals surface area contributed by atoms with E-state index in [0.29, 0.717) is 29.1 Å². The first kappa shape index (κ1) is 24.7. The molecule has 1 heterocycles. The van der Waals surface area contributed by atoms with Gasteiger partial charge >= 0.3 is 0 Å². The number of benzene rings is 2. The molecule has 0 saturated carbocycles. The number of hydrogen-bond donors (Lipinski definition) is 4. The minimum Gasteiger partial charge on any atom is -0.384 e. The van der Waals surface area contributed by atoms with E-state index in [0.717, 1.165) is 0 Å². The van der Waals surface area contributed by atoms with E-state index in [1.54, 1.807) is 36.4 Å². The summed E-state index contributed by atoms with van der Waals surface area (Å²) in [5.41, 5.74) is 6.51. The molecule has 2 amide bonds. The Balaban J connectivity index is 1.74. The zero-order valence-electron chi connectivity index (χ0n) is 18.0. The maximum Gasteiger partial charge on any atom is 0.249 e. The molecule has 0 radical (unpaired) electrons. The van der Waals surface area contributed by atoms with Gasteiger partial charge in [0.2, 0.25) is 11.8 Å². The standard InChI is InChI=1S/C24H23F3N4O3/c25-17-11-19(27)18(26)9-16(17)10-20(23(33)30-13-15-6-7-22(28)29-12-15)31-24(34)21(32)8-14-4-2-1-3-5-14/h1-7,9,11-12,20-21,32H,8,10,13H2,(H2,28,29)(H,30,33)(H,31,34)/t20-,21+/m0/s1. The van der Waals surface area contributed by atoms with E-state index in [-0.39, 0.29) is 18.5 Å². The fourth-order valence-corrected chi connectivity index (χ4v) is 3.20. The molecule has 0 bridgehead atoms. The number of aromatic nitrogens is 1. The number of carbonyl (C=O) groups is 2. The summed E-state index contributed by atoms with van der Waals surface area (Å²) in [5, 5.41) is 15.2. The van der Waals surface area contributed by atoms with Crippen LogP contribution in [0.2, 0.25) is 0 Å². The predicted molar refractivity (Wildman–Crippen MR) is 119 cm³/mol. The molecule has 0 saturated heterocycles. The molecule has 2 atom stereocenters. The molecule has 2 aromatic carbocycles. The molecule has 0 fully saturated rings. The highest BCUT2D eigenvalue weighted by Crippen LogP contribution is 2.16. The van der Waals surface area contributed by atoms with Gasteiger partial charge in [-0.15, -0.1) is 0 Å². The van der Waals surface area contributed by atoms with Crippen LogP contribution < -0.4 is 16.4 Å². The highest BCUT2D eigenvalue weighted by molar-refractivity contribution is 5.89. The summed E-state index contributed by atoms with van der Waals surface area (Å²) in [6.45, 7) is 0.0192. The number of hydrogen-bond acceptors (Lipinski definition) is 5. The number of aliphatic hydroxyl groups excluding tert-OH is 1. The number of nitrogens with zero attached hydrogens (tertiary/aromatic N) is 1. The normalized spacial score (nSPS) is 12.6. The molecule has 0 spiro atoms. The van der Waals surface area contributed by atoms with Crippen molar-refractivity contribution >= 4 is 17.6 Å². The Morgan fingerprint density at radius 1 is 0.912 bits per heavy atom. The van der Waals surface area contributed by atoms with E-state index < -0.39 is 47.8 Å². The van der Waals surface area contributed by atoms with E-state index in [9.17, 15) is 27.9 Å². The number of rotatable bonds is 9. The molecule has 7 nitrogen and oxygen atoms in total. The molecule has 178 valence electrons. The lowest BCUT2D eigenvalue weighted by molar-refractivity contribution is -0.134. The Kier molecular flexibility index (Phi) is 8.20. The second-order valence-corrected chi connectivity index (χ2v) is 7.64. The molecule has 0 aliphatic rings. The molecule has 0 aliphatic heterocycles. The lowest BCUT2D eigenvalue weighted by Crippen LogP contribution is -2.51. The quantitative estimate of drug-likeness (QED) is 0.356. The van der Waals surface area contributed by atoms with Gasteiger partial charge in [0, 0.05) is 31.6 Å². The summed E-state index contributed by atoms with van der Waals surface area (Å²) in [6.07, 6.45) is -0.535. The van der Waals surface area contributed by atoms with Crippen LogP contribution in [0.15, 0.2) is 60.8 Å². The molecule has 5 N–H and O–H groups in total. The average molecular weight is 472 g/mol. The van der Waals surface area contributed by atoms with Crippen LogP contribution in [0.3, 0.4) is 0 Å². The maximum atomic E-state index is 14.2. The largest absolute Gasteiger partial charge is 0.384 e. The van der Waals surface area contributed by atoms with E-state index in [2.05, 4.69) is 15.6 Å². The monoisotopic (exact) mass is 472 g/mol. The number of nitrogen functional groups attached to an aromatic ring is 1. The minimum atomic E-state index is -1.49. The zero-order chi connectivity index (χ0) is 24.7. The Bertz CT molecular complexity index is 1140. The number of aliphatic hydroxyl groups is 1. The van der Waals surface area contributed by atoms with Crippen molar-refractivity contribution in [3.8, 4) is 0 Å². The van der Waals surface area contributed by atoms with Gasteiger partial charge in [-0.05, 0) is 28.8 Å². The van der Waals surface area contributed by atoms with Gasteiger partial charge in [0.05, 0.1) is 0 Å². The summed E-state index contributed by atoms with van der Waals surface area (Å²) >= 11 is 0. The van der Waals surface area contributed by atoms with Crippen molar-refractivity contribution in [2.24, 2.45) is 0 Å². The fraction of sp³-hybridized carbons (Fsp3) is 0.208. The first-order valence-corrected chi connectivity index (χ1v) is 10.4. The second-order valence-electron chi connectivity index (χ2n) is 7.64. The Labute approximate surface area is 193 Å². The van der Waals surface area contributed by atoms with Crippen molar-refractivity contribution in [3.63, 3.8) is 0 Å². The molecular weight excluding hydrogens is 449 g/mol. The van der Waals surface area contributed by atoms with Crippen molar-refractivity contribution in [1.29, 1.82) is 0 Å². The Morgan fingerprint density at radius 2 is 1.62 bits per heavy atom. The topological polar surface area (TPSA) is 117 Å². The molecule has 3 rings (SSSR count). The number of halogens is 3. The van der Waals surface area contributed by atoms with E-state index in [1.807, 2.05) is 0 Å². The van der Waals surface area contributed by atoms with Crippen LogP contribution in [-0.2, 0) is 29.0 Å². The van der Waals surface area contributed by atoms with Crippen LogP contribution in [0.4, 0.5) is 19.0 Å². The number of carbonyl (C=O) groups excluding carboxylic acids is 2. The van der Waals surface area contributed by atoms with E-state index >= 15 is 0 Å². The number of anilines is 1. The number of nitrogens with one attached hydrogen (secondary N) is 2. The third kappa shape index (κ3) is 6.79. The van der Waals surface area contributed by atoms with Gasteiger partial charge in [-0.2, -0.15) is 0 Å². The predicted octanol–water partition coefficient (Wildman–Crippen LogP) is 2.03. The van der Waals surface area contributed by atoms with Crippen LogP contribution in [0.25, 0.3) is 0 Å². The molecular formula is C24H23F3N4O3. The van der Waals surface area contributed by atoms with Crippen molar-refractivity contribution in [2.45, 2.75) is 31.5 Å². The third-order valence-electron chi connectivity index (χ3n) is 5.04. The van der Waals surface area contributed by atoms with Gasteiger partial charge in [0.25, 0.3) is 0 Å². The number of amides is 2. The first-order valence-electron chi connectivity index (χ1n) is 10.4. The fourth-order valence-electron chi connectivity index (χ4n) is 3.20. The van der Waals surface area contributed by atoms with Crippen LogP contribution in [0, 0.1) is 17.5 Å². The van der Waals surface area contributed by atoms with E-state index in [4.69, 9.17) is 5.73 Å². The van der Waals surface area contributed by atoms with Crippen LogP contribution in [0.1, 0.15) is 16.7 Å². The third-order valence-corrected chi connectivity index (χ3v) is 5.04. The summed E-state index contributed by atoms with van der Waals surface area (Å²) < 4.78 is 41.2. The summed E-state index contributed by atoms with van der Waals surface area (Å²) in [6, 6.07) is 11.5.